The highest BCUT2D eigenvalue weighted by molar-refractivity contribution is 6.42. The molecule has 4 nitrogen and oxygen atoms in total. The number of likely N-dealkylation sites (N-methyl/N-ethyl adjacent to an activating group) is 1. The summed E-state index contributed by atoms with van der Waals surface area (Å²) in [5.74, 6) is 0.172. The number of benzene rings is 1. The third-order valence-corrected chi connectivity index (χ3v) is 4.68. The van der Waals surface area contributed by atoms with E-state index in [0.717, 1.165) is 31.7 Å². The number of nitrogens with zero attached hydrogens (tertiary/aromatic N) is 2. The quantitative estimate of drug-likeness (QED) is 0.921. The van der Waals surface area contributed by atoms with Crippen molar-refractivity contribution in [1.29, 1.82) is 0 Å². The van der Waals surface area contributed by atoms with Crippen LogP contribution in [0.1, 0.15) is 18.5 Å². The van der Waals surface area contributed by atoms with E-state index in [9.17, 15) is 4.79 Å². The zero-order valence-electron chi connectivity index (χ0n) is 12.4. The molecule has 1 fully saturated rings. The van der Waals surface area contributed by atoms with Crippen molar-refractivity contribution in [3.05, 3.63) is 33.8 Å². The van der Waals surface area contributed by atoms with Gasteiger partial charge in [-0.05, 0) is 31.7 Å². The van der Waals surface area contributed by atoms with Gasteiger partial charge in [0.1, 0.15) is 0 Å². The van der Waals surface area contributed by atoms with Gasteiger partial charge in [-0.15, -0.1) is 0 Å². The summed E-state index contributed by atoms with van der Waals surface area (Å²) in [6.07, 6.45) is 0. The standard InChI is InChI=1S/C15H21Cl2N3O/c1-11(12-3-4-13(16)14(17)9-12)19(2)10-15(21)20-7-5-18-6-8-20/h3-4,9,11,18H,5-8,10H2,1-2H3. The average molecular weight is 330 g/mol. The van der Waals surface area contributed by atoms with Gasteiger partial charge in [-0.3, -0.25) is 9.69 Å². The van der Waals surface area contributed by atoms with Gasteiger partial charge >= 0.3 is 0 Å². The van der Waals surface area contributed by atoms with Gasteiger partial charge in [-0.25, -0.2) is 0 Å². The van der Waals surface area contributed by atoms with Crippen molar-refractivity contribution >= 4 is 29.1 Å². The normalized spacial score (nSPS) is 17.1. The molecule has 0 aliphatic carbocycles. The molecule has 2 rings (SSSR count). The molecule has 1 saturated heterocycles. The van der Waals surface area contributed by atoms with Crippen LogP contribution in [0.5, 0.6) is 0 Å². The number of rotatable bonds is 4. The Kier molecular flexibility index (Phi) is 5.88. The summed E-state index contributed by atoms with van der Waals surface area (Å²) in [6, 6.07) is 5.71. The van der Waals surface area contributed by atoms with Crippen LogP contribution in [-0.2, 0) is 4.79 Å². The Morgan fingerprint density at radius 1 is 1.33 bits per heavy atom. The molecule has 1 aromatic rings. The van der Waals surface area contributed by atoms with Crippen molar-refractivity contribution in [3.8, 4) is 0 Å². The van der Waals surface area contributed by atoms with Crippen LogP contribution in [-0.4, -0.2) is 55.5 Å². The Morgan fingerprint density at radius 3 is 2.62 bits per heavy atom. The monoisotopic (exact) mass is 329 g/mol. The molecule has 1 aliphatic heterocycles. The highest BCUT2D eigenvalue weighted by atomic mass is 35.5. The second-order valence-electron chi connectivity index (χ2n) is 5.40. The van der Waals surface area contributed by atoms with Crippen molar-refractivity contribution in [1.82, 2.24) is 15.1 Å². The molecular weight excluding hydrogens is 309 g/mol. The van der Waals surface area contributed by atoms with Gasteiger partial charge in [0.25, 0.3) is 0 Å². The molecule has 0 aromatic heterocycles. The van der Waals surface area contributed by atoms with Crippen molar-refractivity contribution in [3.63, 3.8) is 0 Å². The fourth-order valence-electron chi connectivity index (χ4n) is 2.39. The maximum atomic E-state index is 12.3. The van der Waals surface area contributed by atoms with Crippen LogP contribution in [0.4, 0.5) is 0 Å². The van der Waals surface area contributed by atoms with Crippen LogP contribution in [0.15, 0.2) is 18.2 Å². The molecule has 0 saturated carbocycles. The Bertz CT molecular complexity index is 504. The number of hydrogen-bond acceptors (Lipinski definition) is 3. The summed E-state index contributed by atoms with van der Waals surface area (Å²) in [5, 5.41) is 4.34. The van der Waals surface area contributed by atoms with E-state index in [1.165, 1.54) is 0 Å². The van der Waals surface area contributed by atoms with E-state index in [1.807, 2.05) is 29.0 Å². The lowest BCUT2D eigenvalue weighted by atomic mass is 10.1. The van der Waals surface area contributed by atoms with Crippen LogP contribution in [0.25, 0.3) is 0 Å². The van der Waals surface area contributed by atoms with E-state index in [4.69, 9.17) is 23.2 Å². The minimum atomic E-state index is 0.103. The molecule has 1 aromatic carbocycles. The number of nitrogens with one attached hydrogen (secondary N) is 1. The summed E-state index contributed by atoms with van der Waals surface area (Å²) in [7, 11) is 1.95. The smallest absolute Gasteiger partial charge is 0.236 e. The first-order chi connectivity index (χ1) is 9.99. The van der Waals surface area contributed by atoms with Crippen molar-refractivity contribution < 1.29 is 4.79 Å². The number of hydrogen-bond donors (Lipinski definition) is 1. The SMILES string of the molecule is CC(c1ccc(Cl)c(Cl)c1)N(C)CC(=O)N1CCNCC1. The number of carbonyl (C=O) groups excluding carboxylic acids is 1. The molecule has 0 radical (unpaired) electrons. The predicted octanol–water partition coefficient (Wildman–Crippen LogP) is 2.42. The highest BCUT2D eigenvalue weighted by Crippen LogP contribution is 2.27. The maximum absolute atomic E-state index is 12.3. The summed E-state index contributed by atoms with van der Waals surface area (Å²) < 4.78 is 0. The zero-order chi connectivity index (χ0) is 15.4. The molecule has 1 heterocycles. The highest BCUT2D eigenvalue weighted by Gasteiger charge is 2.20. The third kappa shape index (κ3) is 4.33. The fraction of sp³-hybridized carbons (Fsp3) is 0.533. The summed E-state index contributed by atoms with van der Waals surface area (Å²) in [6.45, 7) is 5.78. The molecule has 6 heteroatoms. The molecule has 1 unspecified atom stereocenters. The van der Waals surface area contributed by atoms with Gasteiger partial charge in [-0.1, -0.05) is 29.3 Å². The Morgan fingerprint density at radius 2 is 2.00 bits per heavy atom. The van der Waals surface area contributed by atoms with Gasteiger partial charge in [0, 0.05) is 32.2 Å². The Balaban J connectivity index is 1.96. The first-order valence-electron chi connectivity index (χ1n) is 7.12. The summed E-state index contributed by atoms with van der Waals surface area (Å²) in [4.78, 5) is 16.2. The van der Waals surface area contributed by atoms with Crippen LogP contribution in [0.3, 0.4) is 0 Å². The Hall–Kier alpha value is -0.810. The first-order valence-corrected chi connectivity index (χ1v) is 7.88. The lowest BCUT2D eigenvalue weighted by Gasteiger charge is -2.31. The average Bonchev–Trinajstić information content (AvgIpc) is 2.50. The summed E-state index contributed by atoms with van der Waals surface area (Å²) >= 11 is 12.0. The first kappa shape index (κ1) is 16.6. The molecular formula is C15H21Cl2N3O. The van der Waals surface area contributed by atoms with Crippen molar-refractivity contribution in [2.45, 2.75) is 13.0 Å². The van der Waals surface area contributed by atoms with Gasteiger partial charge in [0.2, 0.25) is 5.91 Å². The Labute approximate surface area is 136 Å². The van der Waals surface area contributed by atoms with Gasteiger partial charge in [0.05, 0.1) is 16.6 Å². The molecule has 0 bridgehead atoms. The second-order valence-corrected chi connectivity index (χ2v) is 6.21. The minimum Gasteiger partial charge on any atom is -0.339 e. The van der Waals surface area contributed by atoms with E-state index >= 15 is 0 Å². The number of piperazine rings is 1. The van der Waals surface area contributed by atoms with Crippen LogP contribution in [0, 0.1) is 0 Å². The number of amides is 1. The van der Waals surface area contributed by atoms with Gasteiger partial charge in [0.15, 0.2) is 0 Å². The van der Waals surface area contributed by atoms with Gasteiger partial charge in [-0.2, -0.15) is 0 Å². The number of carbonyl (C=O) groups is 1. The van der Waals surface area contributed by atoms with E-state index in [2.05, 4.69) is 12.2 Å². The molecule has 0 spiro atoms. The molecule has 1 N–H and O–H groups in total. The third-order valence-electron chi connectivity index (χ3n) is 3.94. The maximum Gasteiger partial charge on any atom is 0.236 e. The van der Waals surface area contributed by atoms with E-state index in [-0.39, 0.29) is 11.9 Å². The van der Waals surface area contributed by atoms with Gasteiger partial charge < -0.3 is 10.2 Å². The van der Waals surface area contributed by atoms with E-state index in [0.29, 0.717) is 16.6 Å². The molecule has 1 amide bonds. The minimum absolute atomic E-state index is 0.103. The van der Waals surface area contributed by atoms with Crippen LogP contribution < -0.4 is 5.32 Å². The molecule has 116 valence electrons. The largest absolute Gasteiger partial charge is 0.339 e. The fourth-order valence-corrected chi connectivity index (χ4v) is 2.70. The lowest BCUT2D eigenvalue weighted by molar-refractivity contribution is -0.133. The molecule has 1 aliphatic rings. The van der Waals surface area contributed by atoms with Crippen LogP contribution >= 0.6 is 23.2 Å². The van der Waals surface area contributed by atoms with Crippen molar-refractivity contribution in [2.24, 2.45) is 0 Å². The van der Waals surface area contributed by atoms with E-state index in [1.54, 1.807) is 6.07 Å². The molecule has 21 heavy (non-hydrogen) atoms. The topological polar surface area (TPSA) is 35.6 Å². The number of halogens is 2. The van der Waals surface area contributed by atoms with Crippen molar-refractivity contribution in [2.75, 3.05) is 39.8 Å². The van der Waals surface area contributed by atoms with E-state index < -0.39 is 0 Å². The van der Waals surface area contributed by atoms with Crippen LogP contribution in [0.2, 0.25) is 10.0 Å². The predicted molar refractivity (Wildman–Crippen MR) is 87.0 cm³/mol. The lowest BCUT2D eigenvalue weighted by Crippen LogP contribution is -2.49. The summed E-state index contributed by atoms with van der Waals surface area (Å²) in [5.41, 5.74) is 1.06. The second kappa shape index (κ2) is 7.45. The zero-order valence-corrected chi connectivity index (χ0v) is 13.9. The molecule has 1 atom stereocenters.